The Morgan fingerprint density at radius 3 is 2.95 bits per heavy atom. The molecule has 0 aliphatic carbocycles. The van der Waals surface area contributed by atoms with Crippen molar-refractivity contribution in [2.24, 2.45) is 0 Å². The van der Waals surface area contributed by atoms with Crippen LogP contribution in [-0.4, -0.2) is 53.1 Å². The molecule has 1 aliphatic rings. The third-order valence-corrected chi connectivity index (χ3v) is 4.56. The minimum Gasteiger partial charge on any atom is -0.346 e. The quantitative estimate of drug-likeness (QED) is 0.866. The molecule has 0 saturated carbocycles. The highest BCUT2D eigenvalue weighted by atomic mass is 32.1. The van der Waals surface area contributed by atoms with E-state index < -0.39 is 24.7 Å². The molecule has 0 spiro atoms. The molecule has 1 atom stereocenters. The molecule has 0 unspecified atom stereocenters. The molecule has 1 saturated heterocycles. The smallest absolute Gasteiger partial charge is 0.346 e. The van der Waals surface area contributed by atoms with Crippen LogP contribution in [0.15, 0.2) is 17.8 Å². The van der Waals surface area contributed by atoms with Crippen LogP contribution in [0, 0.1) is 0 Å². The van der Waals surface area contributed by atoms with Crippen molar-refractivity contribution in [1.82, 2.24) is 14.9 Å². The minimum absolute atomic E-state index is 0.103. The molecule has 9 heteroatoms. The number of thiophene rings is 1. The van der Waals surface area contributed by atoms with E-state index in [9.17, 15) is 18.0 Å². The summed E-state index contributed by atoms with van der Waals surface area (Å²) in [6, 6.07) is 1.22. The van der Waals surface area contributed by atoms with Crippen LogP contribution < -0.4 is 4.90 Å². The number of hydrogen-bond donors (Lipinski definition) is 0. The van der Waals surface area contributed by atoms with Crippen LogP contribution in [0.1, 0.15) is 6.42 Å². The van der Waals surface area contributed by atoms with Gasteiger partial charge in [-0.3, -0.25) is 4.79 Å². The minimum atomic E-state index is -4.38. The van der Waals surface area contributed by atoms with Crippen molar-refractivity contribution >= 4 is 33.3 Å². The van der Waals surface area contributed by atoms with Crippen molar-refractivity contribution in [2.75, 3.05) is 25.0 Å². The lowest BCUT2D eigenvalue weighted by Gasteiger charge is -2.25. The normalized spacial score (nSPS) is 19.2. The Hall–Kier alpha value is -1.90. The van der Waals surface area contributed by atoms with Gasteiger partial charge in [0, 0.05) is 13.6 Å². The molecule has 118 valence electrons. The van der Waals surface area contributed by atoms with Crippen molar-refractivity contribution in [1.29, 1.82) is 0 Å². The van der Waals surface area contributed by atoms with Gasteiger partial charge in [-0.05, 0) is 17.9 Å². The number of fused-ring (bicyclic) bond motifs is 1. The number of likely N-dealkylation sites (N-methyl/N-ethyl adjacent to an activating group) is 1. The van der Waals surface area contributed by atoms with Gasteiger partial charge in [0.2, 0.25) is 5.91 Å². The van der Waals surface area contributed by atoms with Gasteiger partial charge < -0.3 is 9.80 Å². The summed E-state index contributed by atoms with van der Waals surface area (Å²) in [6.45, 7) is -1.10. The van der Waals surface area contributed by atoms with Gasteiger partial charge in [0.1, 0.15) is 24.7 Å². The van der Waals surface area contributed by atoms with E-state index in [0.29, 0.717) is 12.2 Å². The standard InChI is InChI=1S/C13H13F3N4OS/c1-19(11-10-8(3-5-22-10)17-7-18-11)9-2-4-20(12(9)21)6-13(14,15)16/h3,5,7,9H,2,4,6H2,1H3/t9-/m1/s1. The lowest BCUT2D eigenvalue weighted by Crippen LogP contribution is -2.43. The van der Waals surface area contributed by atoms with E-state index >= 15 is 0 Å². The number of rotatable bonds is 3. The van der Waals surface area contributed by atoms with E-state index in [1.165, 1.54) is 17.7 Å². The van der Waals surface area contributed by atoms with Crippen molar-refractivity contribution in [3.05, 3.63) is 17.8 Å². The van der Waals surface area contributed by atoms with E-state index in [0.717, 1.165) is 15.1 Å². The first kappa shape index (κ1) is 15.0. The Labute approximate surface area is 128 Å². The van der Waals surface area contributed by atoms with Crippen LogP contribution in [0.5, 0.6) is 0 Å². The Balaban J connectivity index is 1.83. The molecule has 3 rings (SSSR count). The summed E-state index contributed by atoms with van der Waals surface area (Å²) < 4.78 is 38.2. The number of anilines is 1. The number of alkyl halides is 3. The fourth-order valence-corrected chi connectivity index (χ4v) is 3.51. The third-order valence-electron chi connectivity index (χ3n) is 3.67. The predicted molar refractivity (Wildman–Crippen MR) is 76.9 cm³/mol. The van der Waals surface area contributed by atoms with Crippen molar-refractivity contribution < 1.29 is 18.0 Å². The average Bonchev–Trinajstić information content (AvgIpc) is 3.04. The summed E-state index contributed by atoms with van der Waals surface area (Å²) in [4.78, 5) is 23.0. The number of halogens is 3. The molecule has 1 amide bonds. The molecular weight excluding hydrogens is 317 g/mol. The van der Waals surface area contributed by atoms with Crippen LogP contribution in [0.25, 0.3) is 10.2 Å². The predicted octanol–water partition coefficient (Wildman–Crippen LogP) is 2.29. The zero-order chi connectivity index (χ0) is 15.9. The van der Waals surface area contributed by atoms with Crippen LogP contribution >= 0.6 is 11.3 Å². The van der Waals surface area contributed by atoms with Crippen molar-refractivity contribution in [2.45, 2.75) is 18.6 Å². The first-order chi connectivity index (χ1) is 10.4. The first-order valence-corrected chi connectivity index (χ1v) is 7.51. The summed E-state index contributed by atoms with van der Waals surface area (Å²) in [5.74, 6) is 0.0651. The highest BCUT2D eigenvalue weighted by Gasteiger charge is 2.41. The van der Waals surface area contributed by atoms with Crippen molar-refractivity contribution in [3.8, 4) is 0 Å². The molecule has 1 fully saturated rings. The Morgan fingerprint density at radius 1 is 1.45 bits per heavy atom. The number of nitrogens with zero attached hydrogens (tertiary/aromatic N) is 4. The van der Waals surface area contributed by atoms with Gasteiger partial charge in [-0.15, -0.1) is 11.3 Å². The second kappa shape index (κ2) is 5.38. The summed E-state index contributed by atoms with van der Waals surface area (Å²) in [7, 11) is 1.68. The lowest BCUT2D eigenvalue weighted by atomic mass is 10.2. The number of likely N-dealkylation sites (tertiary alicyclic amines) is 1. The lowest BCUT2D eigenvalue weighted by molar-refractivity contribution is -0.157. The highest BCUT2D eigenvalue weighted by molar-refractivity contribution is 7.17. The van der Waals surface area contributed by atoms with Crippen LogP contribution in [-0.2, 0) is 4.79 Å². The second-order valence-electron chi connectivity index (χ2n) is 5.12. The van der Waals surface area contributed by atoms with Gasteiger partial charge >= 0.3 is 6.18 Å². The number of amides is 1. The summed E-state index contributed by atoms with van der Waals surface area (Å²) in [5, 5.41) is 1.86. The Bertz CT molecular complexity index is 702. The molecule has 1 aliphatic heterocycles. The van der Waals surface area contributed by atoms with Crippen LogP contribution in [0.4, 0.5) is 19.0 Å². The number of aromatic nitrogens is 2. The van der Waals surface area contributed by atoms with E-state index in [2.05, 4.69) is 9.97 Å². The molecule has 2 aromatic rings. The maximum absolute atomic E-state index is 12.5. The monoisotopic (exact) mass is 330 g/mol. The van der Waals surface area contributed by atoms with E-state index in [1.807, 2.05) is 11.4 Å². The number of carbonyl (C=O) groups excluding carboxylic acids is 1. The number of carbonyl (C=O) groups is 1. The molecule has 0 radical (unpaired) electrons. The SMILES string of the molecule is CN(c1ncnc2ccsc12)[C@@H]1CCN(CC(F)(F)F)C1=O. The average molecular weight is 330 g/mol. The van der Waals surface area contributed by atoms with Gasteiger partial charge in [-0.2, -0.15) is 13.2 Å². The molecule has 0 N–H and O–H groups in total. The van der Waals surface area contributed by atoms with Gasteiger partial charge in [0.25, 0.3) is 0 Å². The third kappa shape index (κ3) is 2.72. The second-order valence-corrected chi connectivity index (χ2v) is 6.04. The van der Waals surface area contributed by atoms with Crippen LogP contribution in [0.2, 0.25) is 0 Å². The van der Waals surface area contributed by atoms with Gasteiger partial charge in [-0.1, -0.05) is 0 Å². The van der Waals surface area contributed by atoms with Gasteiger partial charge in [0.05, 0.1) is 10.2 Å². The summed E-state index contributed by atoms with van der Waals surface area (Å²) in [6.07, 6.45) is -2.63. The molecule has 0 aromatic carbocycles. The van der Waals surface area contributed by atoms with E-state index in [4.69, 9.17) is 0 Å². The Kier molecular flexibility index (Phi) is 3.67. The molecule has 5 nitrogen and oxygen atoms in total. The van der Waals surface area contributed by atoms with Crippen molar-refractivity contribution in [3.63, 3.8) is 0 Å². The molecule has 0 bridgehead atoms. The zero-order valence-electron chi connectivity index (χ0n) is 11.7. The Morgan fingerprint density at radius 2 is 2.23 bits per heavy atom. The molecule has 3 heterocycles. The summed E-state index contributed by atoms with van der Waals surface area (Å²) >= 11 is 1.44. The summed E-state index contributed by atoms with van der Waals surface area (Å²) in [5.41, 5.74) is 0.763. The highest BCUT2D eigenvalue weighted by Crippen LogP contribution is 2.31. The largest absolute Gasteiger partial charge is 0.406 e. The number of hydrogen-bond acceptors (Lipinski definition) is 5. The fraction of sp³-hybridized carbons (Fsp3) is 0.462. The van der Waals surface area contributed by atoms with E-state index in [-0.39, 0.29) is 6.54 Å². The van der Waals surface area contributed by atoms with Gasteiger partial charge in [-0.25, -0.2) is 9.97 Å². The van der Waals surface area contributed by atoms with E-state index in [1.54, 1.807) is 11.9 Å². The fourth-order valence-electron chi connectivity index (χ4n) is 2.63. The van der Waals surface area contributed by atoms with Gasteiger partial charge in [0.15, 0.2) is 0 Å². The maximum atomic E-state index is 12.5. The van der Waals surface area contributed by atoms with Crippen LogP contribution in [0.3, 0.4) is 0 Å². The molecular formula is C13H13F3N4OS. The topological polar surface area (TPSA) is 49.3 Å². The molecule has 2 aromatic heterocycles. The maximum Gasteiger partial charge on any atom is 0.406 e. The molecule has 22 heavy (non-hydrogen) atoms. The first-order valence-electron chi connectivity index (χ1n) is 6.63. The zero-order valence-corrected chi connectivity index (χ0v) is 12.5.